The predicted octanol–water partition coefficient (Wildman–Crippen LogP) is 9.25. The van der Waals surface area contributed by atoms with E-state index in [0.717, 1.165) is 38.5 Å². The van der Waals surface area contributed by atoms with Crippen molar-refractivity contribution in [1.82, 2.24) is 16.0 Å². The average Bonchev–Trinajstić information content (AvgIpc) is 3.24. The number of carbonyl (C=O) groups excluding carboxylic acids is 3. The van der Waals surface area contributed by atoms with Crippen molar-refractivity contribution in [3.8, 4) is 0 Å². The highest BCUT2D eigenvalue weighted by molar-refractivity contribution is 5.82. The van der Waals surface area contributed by atoms with Crippen LogP contribution in [-0.2, 0) is 23.8 Å². The molecule has 1 saturated heterocycles. The van der Waals surface area contributed by atoms with Gasteiger partial charge in [0.1, 0.15) is 12.2 Å². The smallest absolute Gasteiger partial charge is 0.315 e. The van der Waals surface area contributed by atoms with Crippen LogP contribution in [0.25, 0.3) is 0 Å². The molecule has 2 aliphatic rings. The standard InChI is InChI=1S/C40H75N3O6/c1-8-9-10-11-12-13-14-15-16-17-18-19-20-21-25-29-39(4,5)43-37(46)42-32-26-23-22-24-27-33(32)48-34(44)28-30-41-36(45)35-38(2,3)31-47-40(6,7)49-35/h32-33,35H,8-31H2,1-7H3,(H,41,45)(H2,42,43,46). The molecule has 1 heterocycles. The Morgan fingerprint density at radius 1 is 0.776 bits per heavy atom. The van der Waals surface area contributed by atoms with Gasteiger partial charge in [0, 0.05) is 17.5 Å². The highest BCUT2D eigenvalue weighted by Crippen LogP contribution is 2.35. The Morgan fingerprint density at radius 2 is 1.33 bits per heavy atom. The first-order valence-corrected chi connectivity index (χ1v) is 20.1. The lowest BCUT2D eigenvalue weighted by molar-refractivity contribution is -0.304. The highest BCUT2D eigenvalue weighted by atomic mass is 16.7. The molecule has 1 aliphatic heterocycles. The van der Waals surface area contributed by atoms with Crippen LogP contribution in [0, 0.1) is 5.41 Å². The number of nitrogens with one attached hydrogen (secondary N) is 3. The Hall–Kier alpha value is -1.87. The van der Waals surface area contributed by atoms with E-state index in [4.69, 9.17) is 14.2 Å². The van der Waals surface area contributed by atoms with Crippen molar-refractivity contribution in [2.24, 2.45) is 5.41 Å². The number of hydrogen-bond donors (Lipinski definition) is 3. The van der Waals surface area contributed by atoms with E-state index in [-0.39, 0.29) is 48.6 Å². The van der Waals surface area contributed by atoms with Crippen LogP contribution in [0.5, 0.6) is 0 Å². The highest BCUT2D eigenvalue weighted by Gasteiger charge is 2.45. The molecular weight excluding hydrogens is 618 g/mol. The van der Waals surface area contributed by atoms with Crippen LogP contribution in [0.15, 0.2) is 0 Å². The van der Waals surface area contributed by atoms with Crippen LogP contribution in [-0.4, -0.2) is 60.6 Å². The number of hydrogen-bond acceptors (Lipinski definition) is 6. The first-order valence-electron chi connectivity index (χ1n) is 20.1. The second kappa shape index (κ2) is 22.8. The predicted molar refractivity (Wildman–Crippen MR) is 198 cm³/mol. The summed E-state index contributed by atoms with van der Waals surface area (Å²) in [7, 11) is 0. The maximum Gasteiger partial charge on any atom is 0.315 e. The van der Waals surface area contributed by atoms with Gasteiger partial charge in [-0.05, 0) is 53.4 Å². The average molecular weight is 694 g/mol. The van der Waals surface area contributed by atoms with E-state index in [2.05, 4.69) is 36.7 Å². The van der Waals surface area contributed by atoms with Gasteiger partial charge in [-0.1, -0.05) is 130 Å². The zero-order valence-electron chi connectivity index (χ0n) is 32.7. The number of ether oxygens (including phenoxy) is 3. The molecule has 0 aromatic carbocycles. The summed E-state index contributed by atoms with van der Waals surface area (Å²) in [5.41, 5.74) is -0.797. The van der Waals surface area contributed by atoms with Crippen LogP contribution in [0.4, 0.5) is 4.79 Å². The molecule has 1 aliphatic carbocycles. The van der Waals surface area contributed by atoms with Crippen molar-refractivity contribution in [1.29, 1.82) is 0 Å². The van der Waals surface area contributed by atoms with Gasteiger partial charge in [0.15, 0.2) is 5.79 Å². The van der Waals surface area contributed by atoms with Crippen molar-refractivity contribution in [2.75, 3.05) is 13.2 Å². The molecule has 0 aromatic heterocycles. The maximum atomic E-state index is 13.1. The first-order chi connectivity index (χ1) is 23.2. The summed E-state index contributed by atoms with van der Waals surface area (Å²) in [4.78, 5) is 38.8. The minimum atomic E-state index is -0.842. The normalized spacial score (nSPS) is 22.1. The van der Waals surface area contributed by atoms with Crippen LogP contribution >= 0.6 is 0 Å². The van der Waals surface area contributed by atoms with Crippen LogP contribution < -0.4 is 16.0 Å². The summed E-state index contributed by atoms with van der Waals surface area (Å²) in [5, 5.41) is 9.16. The van der Waals surface area contributed by atoms with Crippen molar-refractivity contribution in [3.05, 3.63) is 0 Å². The van der Waals surface area contributed by atoms with Gasteiger partial charge in [-0.15, -0.1) is 0 Å². The molecule has 3 N–H and O–H groups in total. The third kappa shape index (κ3) is 18.8. The SMILES string of the molecule is CCCCCCCCCCCCCCCCCC(C)(C)NC(=O)NC1CCCCCC1OC(=O)CCNC(=O)C1OC(C)(C)OCC1(C)C. The van der Waals surface area contributed by atoms with Crippen molar-refractivity contribution < 1.29 is 28.6 Å². The Kier molecular flexibility index (Phi) is 20.2. The fraction of sp³-hybridized carbons (Fsp3) is 0.925. The first kappa shape index (κ1) is 43.3. The summed E-state index contributed by atoms with van der Waals surface area (Å²) < 4.78 is 17.5. The second-order valence-corrected chi connectivity index (χ2v) is 16.7. The molecule has 2 fully saturated rings. The number of rotatable bonds is 23. The Morgan fingerprint density at radius 3 is 1.92 bits per heavy atom. The number of esters is 1. The third-order valence-corrected chi connectivity index (χ3v) is 10.2. The zero-order valence-corrected chi connectivity index (χ0v) is 32.7. The lowest BCUT2D eigenvalue weighted by Crippen LogP contribution is -2.56. The van der Waals surface area contributed by atoms with E-state index in [0.29, 0.717) is 13.0 Å². The topological polar surface area (TPSA) is 115 Å². The van der Waals surface area contributed by atoms with E-state index < -0.39 is 17.3 Å². The fourth-order valence-corrected chi connectivity index (χ4v) is 7.02. The monoisotopic (exact) mass is 694 g/mol. The molecule has 3 unspecified atom stereocenters. The van der Waals surface area contributed by atoms with Gasteiger partial charge in [-0.2, -0.15) is 0 Å². The molecule has 3 atom stereocenters. The maximum absolute atomic E-state index is 13.1. The Bertz CT molecular complexity index is 952. The minimum Gasteiger partial charge on any atom is -0.460 e. The molecule has 0 aromatic rings. The molecule has 49 heavy (non-hydrogen) atoms. The van der Waals surface area contributed by atoms with E-state index in [1.807, 2.05) is 13.8 Å². The number of urea groups is 1. The number of carbonyl (C=O) groups is 3. The van der Waals surface area contributed by atoms with Gasteiger partial charge in [0.05, 0.1) is 19.1 Å². The summed E-state index contributed by atoms with van der Waals surface area (Å²) in [6.07, 6.45) is 24.5. The minimum absolute atomic E-state index is 0.0560. The number of unbranched alkanes of at least 4 members (excludes halogenated alkanes) is 14. The molecule has 0 radical (unpaired) electrons. The fourth-order valence-electron chi connectivity index (χ4n) is 7.02. The molecule has 9 nitrogen and oxygen atoms in total. The molecule has 3 amide bonds. The van der Waals surface area contributed by atoms with E-state index in [1.54, 1.807) is 13.8 Å². The molecular formula is C40H75N3O6. The van der Waals surface area contributed by atoms with E-state index >= 15 is 0 Å². The second-order valence-electron chi connectivity index (χ2n) is 16.7. The molecule has 0 bridgehead atoms. The third-order valence-electron chi connectivity index (χ3n) is 10.2. The number of amides is 3. The zero-order chi connectivity index (χ0) is 36.2. The van der Waals surface area contributed by atoms with Crippen LogP contribution in [0.1, 0.15) is 190 Å². The lowest BCUT2D eigenvalue weighted by Gasteiger charge is -2.44. The van der Waals surface area contributed by atoms with Crippen molar-refractivity contribution in [2.45, 2.75) is 219 Å². The summed E-state index contributed by atoms with van der Waals surface area (Å²) >= 11 is 0. The quantitative estimate of drug-likeness (QED) is 0.0558. The molecule has 2 rings (SSSR count). The van der Waals surface area contributed by atoms with Crippen LogP contribution in [0.2, 0.25) is 0 Å². The van der Waals surface area contributed by atoms with Gasteiger partial charge >= 0.3 is 12.0 Å². The van der Waals surface area contributed by atoms with Crippen LogP contribution in [0.3, 0.4) is 0 Å². The molecule has 1 saturated carbocycles. The van der Waals surface area contributed by atoms with Gasteiger partial charge in [0.2, 0.25) is 5.91 Å². The Labute approximate surface area is 299 Å². The van der Waals surface area contributed by atoms with Crippen molar-refractivity contribution in [3.63, 3.8) is 0 Å². The van der Waals surface area contributed by atoms with Crippen molar-refractivity contribution >= 4 is 17.9 Å². The summed E-state index contributed by atoms with van der Waals surface area (Å²) in [5.74, 6) is -1.47. The largest absolute Gasteiger partial charge is 0.460 e. The molecule has 286 valence electrons. The Balaban J connectivity index is 1.62. The lowest BCUT2D eigenvalue weighted by atomic mass is 9.85. The van der Waals surface area contributed by atoms with Gasteiger partial charge in [0.25, 0.3) is 0 Å². The van der Waals surface area contributed by atoms with E-state index in [1.165, 1.54) is 89.9 Å². The van der Waals surface area contributed by atoms with Gasteiger partial charge in [-0.3, -0.25) is 9.59 Å². The summed E-state index contributed by atoms with van der Waals surface area (Å²) in [6, 6.07) is -0.436. The van der Waals surface area contributed by atoms with E-state index in [9.17, 15) is 14.4 Å². The summed E-state index contributed by atoms with van der Waals surface area (Å²) in [6.45, 7) is 14.5. The molecule has 9 heteroatoms. The van der Waals surface area contributed by atoms with Gasteiger partial charge < -0.3 is 30.2 Å². The molecule has 0 spiro atoms. The van der Waals surface area contributed by atoms with Gasteiger partial charge in [-0.25, -0.2) is 4.79 Å².